The fourth-order valence-corrected chi connectivity index (χ4v) is 1.90. The minimum Gasteiger partial charge on any atom is -0.352 e. The summed E-state index contributed by atoms with van der Waals surface area (Å²) in [5, 5.41) is 2.94. The first-order valence-electron chi connectivity index (χ1n) is 6.60. The van der Waals surface area contributed by atoms with Crippen LogP contribution in [0.2, 0.25) is 0 Å². The summed E-state index contributed by atoms with van der Waals surface area (Å²) in [7, 11) is 0. The molecule has 2 nitrogen and oxygen atoms in total. The van der Waals surface area contributed by atoms with Crippen LogP contribution in [0.1, 0.15) is 23.1 Å². The zero-order valence-corrected chi connectivity index (χ0v) is 11.2. The van der Waals surface area contributed by atoms with Gasteiger partial charge < -0.3 is 5.32 Å². The number of amides is 1. The molecule has 0 saturated carbocycles. The lowest BCUT2D eigenvalue weighted by atomic mass is 10.1. The smallest absolute Gasteiger partial charge is 0.220 e. The van der Waals surface area contributed by atoms with Gasteiger partial charge in [0.25, 0.3) is 0 Å². The molecule has 0 spiro atoms. The number of benzene rings is 2. The minimum absolute atomic E-state index is 0.101. The van der Waals surface area contributed by atoms with E-state index in [9.17, 15) is 4.79 Å². The molecule has 0 aliphatic heterocycles. The molecule has 0 aliphatic carbocycles. The van der Waals surface area contributed by atoms with Crippen LogP contribution in [0.4, 0.5) is 0 Å². The number of aryl methyl sites for hydroxylation is 2. The molecule has 0 aromatic heterocycles. The molecular weight excluding hydrogens is 234 g/mol. The zero-order valence-electron chi connectivity index (χ0n) is 11.2. The zero-order chi connectivity index (χ0) is 13.5. The van der Waals surface area contributed by atoms with Gasteiger partial charge in [-0.25, -0.2) is 0 Å². The van der Waals surface area contributed by atoms with Crippen molar-refractivity contribution in [3.8, 4) is 0 Å². The van der Waals surface area contributed by atoms with Crippen LogP contribution in [0, 0.1) is 6.92 Å². The van der Waals surface area contributed by atoms with Gasteiger partial charge in [0.2, 0.25) is 5.91 Å². The molecule has 2 aromatic carbocycles. The first-order chi connectivity index (χ1) is 9.24. The number of carbonyl (C=O) groups excluding carboxylic acids is 1. The minimum atomic E-state index is 0.101. The predicted molar refractivity (Wildman–Crippen MR) is 77.8 cm³/mol. The van der Waals surface area contributed by atoms with Crippen molar-refractivity contribution in [2.75, 3.05) is 0 Å². The maximum Gasteiger partial charge on any atom is 0.220 e. The summed E-state index contributed by atoms with van der Waals surface area (Å²) in [6, 6.07) is 18.3. The number of nitrogens with one attached hydrogen (secondary N) is 1. The molecule has 1 N–H and O–H groups in total. The second-order valence-electron chi connectivity index (χ2n) is 4.75. The lowest BCUT2D eigenvalue weighted by molar-refractivity contribution is -0.121. The third-order valence-electron chi connectivity index (χ3n) is 3.09. The summed E-state index contributed by atoms with van der Waals surface area (Å²) in [6.07, 6.45) is 1.33. The lowest BCUT2D eigenvalue weighted by Gasteiger charge is -2.05. The molecule has 98 valence electrons. The van der Waals surface area contributed by atoms with Crippen molar-refractivity contribution in [3.63, 3.8) is 0 Å². The largest absolute Gasteiger partial charge is 0.352 e. The van der Waals surface area contributed by atoms with Gasteiger partial charge in [0.05, 0.1) is 0 Å². The fourth-order valence-electron chi connectivity index (χ4n) is 1.90. The van der Waals surface area contributed by atoms with Gasteiger partial charge in [0.15, 0.2) is 0 Å². The third-order valence-corrected chi connectivity index (χ3v) is 3.09. The summed E-state index contributed by atoms with van der Waals surface area (Å²) in [5.74, 6) is 0.101. The van der Waals surface area contributed by atoms with Gasteiger partial charge in [-0.2, -0.15) is 0 Å². The average molecular weight is 253 g/mol. The van der Waals surface area contributed by atoms with Crippen LogP contribution in [0.3, 0.4) is 0 Å². The highest BCUT2D eigenvalue weighted by molar-refractivity contribution is 5.76. The van der Waals surface area contributed by atoms with Crippen molar-refractivity contribution in [1.29, 1.82) is 0 Å². The summed E-state index contributed by atoms with van der Waals surface area (Å²) in [5.41, 5.74) is 3.59. The molecule has 2 rings (SSSR count). The van der Waals surface area contributed by atoms with E-state index in [1.165, 1.54) is 11.1 Å². The number of hydrogen-bond acceptors (Lipinski definition) is 1. The van der Waals surface area contributed by atoms with Crippen LogP contribution in [-0.4, -0.2) is 5.91 Å². The molecule has 1 amide bonds. The third kappa shape index (κ3) is 4.59. The molecule has 0 saturated heterocycles. The summed E-state index contributed by atoms with van der Waals surface area (Å²) >= 11 is 0. The van der Waals surface area contributed by atoms with Crippen LogP contribution >= 0.6 is 0 Å². The molecule has 0 heterocycles. The van der Waals surface area contributed by atoms with E-state index in [1.54, 1.807) is 0 Å². The Balaban J connectivity index is 1.74. The van der Waals surface area contributed by atoms with E-state index in [4.69, 9.17) is 0 Å². The molecule has 0 bridgehead atoms. The van der Waals surface area contributed by atoms with E-state index in [0.29, 0.717) is 13.0 Å². The van der Waals surface area contributed by atoms with Gasteiger partial charge in [-0.15, -0.1) is 0 Å². The Morgan fingerprint density at radius 3 is 2.32 bits per heavy atom. The van der Waals surface area contributed by atoms with Crippen molar-refractivity contribution < 1.29 is 4.79 Å². The molecular formula is C17H19NO. The maximum atomic E-state index is 11.7. The second-order valence-corrected chi connectivity index (χ2v) is 4.75. The molecule has 0 fully saturated rings. The fraction of sp³-hybridized carbons (Fsp3) is 0.235. The Morgan fingerprint density at radius 2 is 1.63 bits per heavy atom. The maximum absolute atomic E-state index is 11.7. The van der Waals surface area contributed by atoms with Gasteiger partial charge in [0, 0.05) is 13.0 Å². The quantitative estimate of drug-likeness (QED) is 0.870. The number of hydrogen-bond donors (Lipinski definition) is 1. The highest BCUT2D eigenvalue weighted by atomic mass is 16.1. The standard InChI is InChI=1S/C17H19NO/c1-14-7-9-15(10-8-14)11-12-17(19)18-13-16-5-3-2-4-6-16/h2-10H,11-13H2,1H3,(H,18,19). The van der Waals surface area contributed by atoms with Crippen LogP contribution in [-0.2, 0) is 17.8 Å². The van der Waals surface area contributed by atoms with Crippen LogP contribution in [0.15, 0.2) is 54.6 Å². The van der Waals surface area contributed by atoms with Crippen LogP contribution < -0.4 is 5.32 Å². The van der Waals surface area contributed by atoms with Gasteiger partial charge in [-0.05, 0) is 24.5 Å². The normalized spacial score (nSPS) is 10.2. The Kier molecular flexibility index (Phi) is 4.73. The Labute approximate surface area is 114 Å². The number of carbonyl (C=O) groups is 1. The molecule has 0 unspecified atom stereocenters. The topological polar surface area (TPSA) is 29.1 Å². The summed E-state index contributed by atoms with van der Waals surface area (Å²) < 4.78 is 0. The van der Waals surface area contributed by atoms with Gasteiger partial charge in [-0.1, -0.05) is 60.2 Å². The van der Waals surface area contributed by atoms with E-state index >= 15 is 0 Å². The molecule has 0 aliphatic rings. The monoisotopic (exact) mass is 253 g/mol. The van der Waals surface area contributed by atoms with E-state index < -0.39 is 0 Å². The summed E-state index contributed by atoms with van der Waals surface area (Å²) in [6.45, 7) is 2.67. The van der Waals surface area contributed by atoms with Gasteiger partial charge in [0.1, 0.15) is 0 Å². The predicted octanol–water partition coefficient (Wildman–Crippen LogP) is 3.24. The van der Waals surface area contributed by atoms with Crippen molar-refractivity contribution in [1.82, 2.24) is 5.32 Å². The van der Waals surface area contributed by atoms with E-state index in [1.807, 2.05) is 30.3 Å². The SMILES string of the molecule is Cc1ccc(CCC(=O)NCc2ccccc2)cc1. The first-order valence-corrected chi connectivity index (χ1v) is 6.60. The highest BCUT2D eigenvalue weighted by Gasteiger charge is 2.02. The van der Waals surface area contributed by atoms with Crippen molar-refractivity contribution >= 4 is 5.91 Å². The van der Waals surface area contributed by atoms with Gasteiger partial charge in [-0.3, -0.25) is 4.79 Å². The average Bonchev–Trinajstić information content (AvgIpc) is 2.45. The molecule has 2 heteroatoms. The Bertz CT molecular complexity index is 517. The molecule has 0 radical (unpaired) electrons. The first kappa shape index (κ1) is 13.3. The number of rotatable bonds is 5. The van der Waals surface area contributed by atoms with Crippen LogP contribution in [0.5, 0.6) is 0 Å². The van der Waals surface area contributed by atoms with E-state index in [0.717, 1.165) is 12.0 Å². The van der Waals surface area contributed by atoms with Crippen molar-refractivity contribution in [3.05, 3.63) is 71.3 Å². The Morgan fingerprint density at radius 1 is 0.947 bits per heavy atom. The van der Waals surface area contributed by atoms with Crippen molar-refractivity contribution in [2.45, 2.75) is 26.3 Å². The highest BCUT2D eigenvalue weighted by Crippen LogP contribution is 2.06. The van der Waals surface area contributed by atoms with Crippen molar-refractivity contribution in [2.24, 2.45) is 0 Å². The van der Waals surface area contributed by atoms with Crippen LogP contribution in [0.25, 0.3) is 0 Å². The summed E-state index contributed by atoms with van der Waals surface area (Å²) in [4.78, 5) is 11.7. The Hall–Kier alpha value is -2.09. The lowest BCUT2D eigenvalue weighted by Crippen LogP contribution is -2.22. The second kappa shape index (κ2) is 6.74. The van der Waals surface area contributed by atoms with Gasteiger partial charge >= 0.3 is 0 Å². The molecule has 19 heavy (non-hydrogen) atoms. The van der Waals surface area contributed by atoms with E-state index in [-0.39, 0.29) is 5.91 Å². The molecule has 2 aromatic rings. The van der Waals surface area contributed by atoms with E-state index in [2.05, 4.69) is 36.5 Å². The molecule has 0 atom stereocenters.